The molecule has 3 atom stereocenters. The Bertz CT molecular complexity index is 305. The van der Waals surface area contributed by atoms with Gasteiger partial charge < -0.3 is 15.4 Å². The summed E-state index contributed by atoms with van der Waals surface area (Å²) in [5, 5.41) is 5.56. The predicted molar refractivity (Wildman–Crippen MR) is 75.7 cm³/mol. The number of hydrogen-bond acceptors (Lipinski definition) is 4. The molecule has 0 aliphatic rings. The van der Waals surface area contributed by atoms with Crippen molar-refractivity contribution >= 4 is 11.9 Å². The first kappa shape index (κ1) is 17.6. The van der Waals surface area contributed by atoms with Gasteiger partial charge in [0.25, 0.3) is 0 Å². The molecule has 0 aromatic rings. The summed E-state index contributed by atoms with van der Waals surface area (Å²) in [6, 6.07) is -0.927. The van der Waals surface area contributed by atoms with Crippen LogP contribution in [0.3, 0.4) is 0 Å². The van der Waals surface area contributed by atoms with Gasteiger partial charge in [-0.25, -0.2) is 4.79 Å². The Balaban J connectivity index is 4.50. The van der Waals surface area contributed by atoms with Gasteiger partial charge in [-0.3, -0.25) is 4.79 Å². The van der Waals surface area contributed by atoms with E-state index in [0.29, 0.717) is 12.3 Å². The molecule has 0 aliphatic carbocycles. The summed E-state index contributed by atoms with van der Waals surface area (Å²) in [4.78, 5) is 23.5. The molecule has 0 saturated carbocycles. The first-order valence-corrected chi connectivity index (χ1v) is 6.62. The summed E-state index contributed by atoms with van der Waals surface area (Å²) in [6.07, 6.45) is 4.26. The Hall–Kier alpha value is -1.36. The highest BCUT2D eigenvalue weighted by atomic mass is 16.5. The van der Waals surface area contributed by atoms with E-state index in [1.54, 1.807) is 14.0 Å². The third kappa shape index (κ3) is 6.96. The summed E-state index contributed by atoms with van der Waals surface area (Å²) in [5.41, 5.74) is 0. The van der Waals surface area contributed by atoms with Gasteiger partial charge in [0.15, 0.2) is 0 Å². The average molecular weight is 270 g/mol. The molecule has 5 nitrogen and oxygen atoms in total. The van der Waals surface area contributed by atoms with E-state index in [-0.39, 0.29) is 11.9 Å². The average Bonchev–Trinajstić information content (AvgIpc) is 2.42. The zero-order valence-electron chi connectivity index (χ0n) is 12.4. The van der Waals surface area contributed by atoms with Crippen LogP contribution in [0.15, 0.2) is 12.7 Å². The maximum absolute atomic E-state index is 11.8. The fraction of sp³-hybridized carbons (Fsp3) is 0.714. The lowest BCUT2D eigenvalue weighted by atomic mass is 9.96. The fourth-order valence-corrected chi connectivity index (χ4v) is 1.71. The lowest BCUT2D eigenvalue weighted by Crippen LogP contribution is -2.49. The van der Waals surface area contributed by atoms with Gasteiger partial charge in [0.05, 0.1) is 13.2 Å². The number of hydrogen-bond donors (Lipinski definition) is 2. The number of nitrogens with one attached hydrogen (secondary N) is 2. The fourth-order valence-electron chi connectivity index (χ4n) is 1.71. The quantitative estimate of drug-likeness (QED) is 0.489. The number of carbonyl (C=O) groups is 2. The second-order valence-electron chi connectivity index (χ2n) is 4.80. The minimum atomic E-state index is -0.590. The molecule has 0 aromatic heterocycles. The molecule has 0 fully saturated rings. The first-order valence-electron chi connectivity index (χ1n) is 6.62. The monoisotopic (exact) mass is 270 g/mol. The lowest BCUT2D eigenvalue weighted by Gasteiger charge is -2.21. The van der Waals surface area contributed by atoms with E-state index >= 15 is 0 Å². The number of ether oxygens (including phenoxy) is 1. The van der Waals surface area contributed by atoms with Crippen LogP contribution in [0.5, 0.6) is 0 Å². The minimum absolute atomic E-state index is 0.200. The van der Waals surface area contributed by atoms with Gasteiger partial charge in [-0.2, -0.15) is 0 Å². The Labute approximate surface area is 115 Å². The maximum Gasteiger partial charge on any atom is 0.328 e. The van der Waals surface area contributed by atoms with Crippen LogP contribution < -0.4 is 10.6 Å². The van der Waals surface area contributed by atoms with Crippen molar-refractivity contribution in [1.29, 1.82) is 0 Å². The van der Waals surface area contributed by atoms with Crippen molar-refractivity contribution in [2.45, 2.75) is 45.2 Å². The number of esters is 1. The number of amides is 1. The Morgan fingerprint density at radius 2 is 2.00 bits per heavy atom. The van der Waals surface area contributed by atoms with Gasteiger partial charge in [-0.15, -0.1) is 6.58 Å². The zero-order valence-corrected chi connectivity index (χ0v) is 12.4. The number of likely N-dealkylation sites (N-methyl/N-ethyl adjacent to an activating group) is 1. The van der Waals surface area contributed by atoms with Crippen molar-refractivity contribution in [3.63, 3.8) is 0 Å². The highest BCUT2D eigenvalue weighted by Gasteiger charge is 2.25. The van der Waals surface area contributed by atoms with E-state index < -0.39 is 12.0 Å². The van der Waals surface area contributed by atoms with Gasteiger partial charge in [0.1, 0.15) is 6.04 Å². The summed E-state index contributed by atoms with van der Waals surface area (Å²) < 4.78 is 4.74. The number of rotatable bonds is 9. The molecular weight excluding hydrogens is 244 g/mol. The molecule has 19 heavy (non-hydrogen) atoms. The molecule has 0 radical (unpaired) electrons. The summed E-state index contributed by atoms with van der Waals surface area (Å²) >= 11 is 0. The SMILES string of the molecule is C=CCCC(C)CC(NC(=O)C(C)NC)C(=O)OC. The topological polar surface area (TPSA) is 67.4 Å². The van der Waals surface area contributed by atoms with Crippen LogP contribution in [0.2, 0.25) is 0 Å². The molecule has 0 aromatic carbocycles. The predicted octanol–water partition coefficient (Wildman–Crippen LogP) is 1.24. The van der Waals surface area contributed by atoms with Crippen LogP contribution >= 0.6 is 0 Å². The normalized spacial score (nSPS) is 15.2. The molecule has 5 heteroatoms. The molecule has 110 valence electrons. The van der Waals surface area contributed by atoms with Gasteiger partial charge in [0, 0.05) is 0 Å². The van der Waals surface area contributed by atoms with Crippen molar-refractivity contribution in [3.8, 4) is 0 Å². The van der Waals surface area contributed by atoms with E-state index in [1.165, 1.54) is 7.11 Å². The lowest BCUT2D eigenvalue weighted by molar-refractivity contribution is -0.145. The van der Waals surface area contributed by atoms with Crippen LogP contribution in [-0.4, -0.2) is 38.1 Å². The maximum atomic E-state index is 11.8. The molecule has 2 N–H and O–H groups in total. The van der Waals surface area contributed by atoms with E-state index in [0.717, 1.165) is 12.8 Å². The molecule has 0 saturated heterocycles. The first-order chi connectivity index (χ1) is 8.96. The Kier molecular flexibility index (Phi) is 8.87. The molecule has 1 amide bonds. The number of carbonyl (C=O) groups excluding carboxylic acids is 2. The third-order valence-electron chi connectivity index (χ3n) is 3.13. The molecule has 0 spiro atoms. The zero-order chi connectivity index (χ0) is 14.8. The van der Waals surface area contributed by atoms with E-state index in [4.69, 9.17) is 4.74 Å². The highest BCUT2D eigenvalue weighted by Crippen LogP contribution is 2.14. The molecule has 0 heterocycles. The Morgan fingerprint density at radius 1 is 1.37 bits per heavy atom. The minimum Gasteiger partial charge on any atom is -0.467 e. The highest BCUT2D eigenvalue weighted by molar-refractivity contribution is 5.87. The second-order valence-corrected chi connectivity index (χ2v) is 4.80. The summed E-state index contributed by atoms with van der Waals surface area (Å²) in [5.74, 6) is -0.289. The Morgan fingerprint density at radius 3 is 2.47 bits per heavy atom. The van der Waals surface area contributed by atoms with Crippen molar-refractivity contribution in [3.05, 3.63) is 12.7 Å². The molecule has 0 bridgehead atoms. The van der Waals surface area contributed by atoms with Gasteiger partial charge >= 0.3 is 5.97 Å². The largest absolute Gasteiger partial charge is 0.467 e. The van der Waals surface area contributed by atoms with E-state index in [9.17, 15) is 9.59 Å². The number of methoxy groups -OCH3 is 1. The van der Waals surface area contributed by atoms with Gasteiger partial charge in [-0.1, -0.05) is 13.0 Å². The summed E-state index contributed by atoms with van der Waals surface area (Å²) in [6.45, 7) is 7.47. The van der Waals surface area contributed by atoms with Crippen LogP contribution in [0.4, 0.5) is 0 Å². The van der Waals surface area contributed by atoms with Crippen molar-refractivity contribution in [2.75, 3.05) is 14.2 Å². The summed E-state index contributed by atoms with van der Waals surface area (Å²) in [7, 11) is 3.03. The van der Waals surface area contributed by atoms with Gasteiger partial charge in [0.2, 0.25) is 5.91 Å². The van der Waals surface area contributed by atoms with Crippen LogP contribution in [0.1, 0.15) is 33.1 Å². The van der Waals surface area contributed by atoms with Crippen molar-refractivity contribution < 1.29 is 14.3 Å². The van der Waals surface area contributed by atoms with E-state index in [1.807, 2.05) is 13.0 Å². The standard InChI is InChI=1S/C14H26N2O3/c1-6-7-8-10(2)9-12(14(18)19-5)16-13(17)11(3)15-4/h6,10-12,15H,1,7-9H2,2-5H3,(H,16,17). The van der Waals surface area contributed by atoms with E-state index in [2.05, 4.69) is 17.2 Å². The van der Waals surface area contributed by atoms with Gasteiger partial charge in [-0.05, 0) is 39.2 Å². The van der Waals surface area contributed by atoms with Crippen LogP contribution in [-0.2, 0) is 14.3 Å². The van der Waals surface area contributed by atoms with Crippen molar-refractivity contribution in [2.24, 2.45) is 5.92 Å². The molecular formula is C14H26N2O3. The second kappa shape index (κ2) is 9.55. The molecule has 0 aliphatic heterocycles. The third-order valence-corrected chi connectivity index (χ3v) is 3.13. The van der Waals surface area contributed by atoms with Crippen LogP contribution in [0, 0.1) is 5.92 Å². The molecule has 0 rings (SSSR count). The molecule has 3 unspecified atom stereocenters. The van der Waals surface area contributed by atoms with Crippen LogP contribution in [0.25, 0.3) is 0 Å². The smallest absolute Gasteiger partial charge is 0.328 e. The number of allylic oxidation sites excluding steroid dienone is 1. The van der Waals surface area contributed by atoms with Crippen molar-refractivity contribution in [1.82, 2.24) is 10.6 Å².